The Morgan fingerprint density at radius 3 is 2.71 bits per heavy atom. The lowest BCUT2D eigenvalue weighted by Crippen LogP contribution is -2.36. The fourth-order valence-corrected chi connectivity index (χ4v) is 7.01. The van der Waals surface area contributed by atoms with E-state index in [1.807, 2.05) is 54.6 Å². The van der Waals surface area contributed by atoms with Crippen molar-refractivity contribution in [3.05, 3.63) is 71.1 Å². The van der Waals surface area contributed by atoms with Gasteiger partial charge in [-0.25, -0.2) is 13.4 Å². The van der Waals surface area contributed by atoms with Gasteiger partial charge in [-0.15, -0.1) is 22.7 Å². The number of carbonyl (C=O) groups excluding carboxylic acids is 1. The Labute approximate surface area is 188 Å². The van der Waals surface area contributed by atoms with Crippen LogP contribution in [-0.4, -0.2) is 38.2 Å². The van der Waals surface area contributed by atoms with Gasteiger partial charge in [-0.2, -0.15) is 0 Å². The highest BCUT2D eigenvalue weighted by Gasteiger charge is 2.28. The molecule has 1 N–H and O–H groups in total. The average molecular weight is 470 g/mol. The van der Waals surface area contributed by atoms with Gasteiger partial charge in [-0.1, -0.05) is 30.3 Å². The second-order valence-electron chi connectivity index (χ2n) is 7.17. The molecule has 4 aromatic rings. The van der Waals surface area contributed by atoms with Crippen molar-refractivity contribution in [2.75, 3.05) is 23.1 Å². The summed E-state index contributed by atoms with van der Waals surface area (Å²) in [7, 11) is -3.49. The Hall–Kier alpha value is -2.75. The second kappa shape index (κ2) is 8.07. The maximum Gasteiger partial charge on any atom is 0.261 e. The summed E-state index contributed by atoms with van der Waals surface area (Å²) in [5, 5.41) is 3.62. The molecule has 0 unspecified atom stereocenters. The van der Waals surface area contributed by atoms with Gasteiger partial charge < -0.3 is 5.32 Å². The van der Waals surface area contributed by atoms with Gasteiger partial charge in [-0.05, 0) is 42.3 Å². The normalized spacial score (nSPS) is 13.5. The van der Waals surface area contributed by atoms with E-state index in [1.54, 1.807) is 17.4 Å². The van der Waals surface area contributed by atoms with Crippen molar-refractivity contribution in [1.29, 1.82) is 0 Å². The first-order valence-corrected chi connectivity index (χ1v) is 13.1. The molecule has 0 saturated heterocycles. The molecule has 0 fully saturated rings. The molecule has 0 saturated carbocycles. The van der Waals surface area contributed by atoms with Crippen molar-refractivity contribution < 1.29 is 13.2 Å². The number of fused-ring (bicyclic) bond motifs is 2. The fourth-order valence-electron chi connectivity index (χ4n) is 3.64. The topological polar surface area (TPSA) is 79.4 Å². The van der Waals surface area contributed by atoms with Gasteiger partial charge >= 0.3 is 0 Å². The molecule has 2 aromatic carbocycles. The van der Waals surface area contributed by atoms with Crippen molar-refractivity contribution in [1.82, 2.24) is 10.3 Å². The summed E-state index contributed by atoms with van der Waals surface area (Å²) in [6.45, 7) is 0.514. The Kier molecular flexibility index (Phi) is 5.25. The van der Waals surface area contributed by atoms with Crippen molar-refractivity contribution in [3.8, 4) is 9.88 Å². The zero-order valence-corrected chi connectivity index (χ0v) is 18.9. The minimum Gasteiger partial charge on any atom is -0.350 e. The van der Waals surface area contributed by atoms with Crippen molar-refractivity contribution in [3.63, 3.8) is 0 Å². The first kappa shape index (κ1) is 20.2. The molecular weight excluding hydrogens is 450 g/mol. The number of anilines is 1. The van der Waals surface area contributed by atoms with Crippen LogP contribution < -0.4 is 9.62 Å². The van der Waals surface area contributed by atoms with Crippen molar-refractivity contribution in [2.45, 2.75) is 6.42 Å². The highest BCUT2D eigenvalue weighted by atomic mass is 32.2. The molecule has 1 amide bonds. The molecule has 0 bridgehead atoms. The summed E-state index contributed by atoms with van der Waals surface area (Å²) < 4.78 is 28.1. The zero-order valence-electron chi connectivity index (χ0n) is 16.4. The van der Waals surface area contributed by atoms with Crippen LogP contribution in [0.15, 0.2) is 60.7 Å². The first-order valence-electron chi connectivity index (χ1n) is 9.83. The van der Waals surface area contributed by atoms with Crippen LogP contribution in [0.1, 0.15) is 15.2 Å². The van der Waals surface area contributed by atoms with Gasteiger partial charge in [0.1, 0.15) is 5.01 Å². The second-order valence-corrected chi connectivity index (χ2v) is 11.3. The maximum absolute atomic E-state index is 12.8. The van der Waals surface area contributed by atoms with Crippen LogP contribution in [0, 0.1) is 0 Å². The number of aromatic nitrogens is 1. The van der Waals surface area contributed by atoms with Gasteiger partial charge in [0.15, 0.2) is 0 Å². The number of thiophene rings is 1. The van der Waals surface area contributed by atoms with E-state index in [4.69, 9.17) is 0 Å². The molecule has 9 heteroatoms. The van der Waals surface area contributed by atoms with E-state index in [2.05, 4.69) is 10.3 Å². The summed E-state index contributed by atoms with van der Waals surface area (Å²) in [4.78, 5) is 18.6. The van der Waals surface area contributed by atoms with Gasteiger partial charge in [0, 0.05) is 13.1 Å². The van der Waals surface area contributed by atoms with Crippen LogP contribution in [0.3, 0.4) is 0 Å². The predicted octanol–water partition coefficient (Wildman–Crippen LogP) is 4.15. The third-order valence-corrected chi connectivity index (χ3v) is 9.22. The Bertz CT molecular complexity index is 1340. The largest absolute Gasteiger partial charge is 0.350 e. The van der Waals surface area contributed by atoms with E-state index in [-0.39, 0.29) is 18.2 Å². The molecule has 3 heterocycles. The molecule has 0 atom stereocenters. The van der Waals surface area contributed by atoms with E-state index in [0.717, 1.165) is 31.4 Å². The number of hydrogen-bond donors (Lipinski definition) is 1. The Balaban J connectivity index is 1.22. The molecule has 1 aliphatic heterocycles. The summed E-state index contributed by atoms with van der Waals surface area (Å²) in [6.07, 6.45) is 0.714. The summed E-state index contributed by atoms with van der Waals surface area (Å²) in [5.41, 5.74) is 2.72. The van der Waals surface area contributed by atoms with Gasteiger partial charge in [-0.3, -0.25) is 9.10 Å². The molecule has 0 radical (unpaired) electrons. The van der Waals surface area contributed by atoms with E-state index in [1.165, 1.54) is 15.6 Å². The maximum atomic E-state index is 12.8. The average Bonchev–Trinajstić information content (AvgIpc) is 3.50. The number of carbonyl (C=O) groups is 1. The van der Waals surface area contributed by atoms with E-state index in [0.29, 0.717) is 17.8 Å². The number of nitrogens with zero attached hydrogens (tertiary/aromatic N) is 2. The highest BCUT2D eigenvalue weighted by Crippen LogP contribution is 2.34. The number of benzene rings is 2. The van der Waals surface area contributed by atoms with Crippen molar-refractivity contribution >= 4 is 54.5 Å². The van der Waals surface area contributed by atoms with Crippen LogP contribution in [-0.2, 0) is 16.4 Å². The molecule has 0 spiro atoms. The van der Waals surface area contributed by atoms with Crippen LogP contribution in [0.4, 0.5) is 5.69 Å². The van der Waals surface area contributed by atoms with Crippen LogP contribution in [0.2, 0.25) is 0 Å². The summed E-state index contributed by atoms with van der Waals surface area (Å²) in [6, 6.07) is 19.1. The van der Waals surface area contributed by atoms with Crippen LogP contribution in [0.25, 0.3) is 20.1 Å². The minimum absolute atomic E-state index is 0.0637. The van der Waals surface area contributed by atoms with Gasteiger partial charge in [0.25, 0.3) is 5.91 Å². The van der Waals surface area contributed by atoms with Crippen LogP contribution in [0.5, 0.6) is 0 Å². The lowest BCUT2D eigenvalue weighted by Gasteiger charge is -2.19. The monoisotopic (exact) mass is 469 g/mol. The highest BCUT2D eigenvalue weighted by molar-refractivity contribution is 7.92. The van der Waals surface area contributed by atoms with Gasteiger partial charge in [0.05, 0.1) is 31.4 Å². The van der Waals surface area contributed by atoms with Crippen LogP contribution >= 0.6 is 22.7 Å². The lowest BCUT2D eigenvalue weighted by molar-refractivity contribution is 0.0960. The number of para-hydroxylation sites is 2. The quantitative estimate of drug-likeness (QED) is 0.460. The number of sulfonamides is 1. The molecule has 2 aromatic heterocycles. The van der Waals surface area contributed by atoms with Gasteiger partial charge in [0.2, 0.25) is 10.0 Å². The summed E-state index contributed by atoms with van der Waals surface area (Å²) in [5.74, 6) is -0.405. The zero-order chi connectivity index (χ0) is 21.4. The molecule has 5 rings (SSSR count). The first-order chi connectivity index (χ1) is 15.0. The Morgan fingerprint density at radius 2 is 1.84 bits per heavy atom. The standard InChI is InChI=1S/C22H19N3O3S3/c26-21(19-9-10-20(29-19)22-24-16-6-2-4-8-18(16)30-22)23-12-14-31(27,28)25-13-11-15-5-1-3-7-17(15)25/h1-10H,11-14H2,(H,23,26). The number of amides is 1. The van der Waals surface area contributed by atoms with E-state index < -0.39 is 10.0 Å². The molecule has 6 nitrogen and oxygen atoms in total. The SMILES string of the molecule is O=C(NCCS(=O)(=O)N1CCc2ccccc21)c1ccc(-c2nc3ccccc3s2)s1. The van der Waals surface area contributed by atoms with E-state index in [9.17, 15) is 13.2 Å². The molecule has 31 heavy (non-hydrogen) atoms. The number of nitrogens with one attached hydrogen (secondary N) is 1. The molecule has 1 aliphatic rings. The van der Waals surface area contributed by atoms with E-state index >= 15 is 0 Å². The molecule has 0 aliphatic carbocycles. The number of thiazole rings is 1. The minimum atomic E-state index is -3.49. The third-order valence-electron chi connectivity index (χ3n) is 5.16. The third kappa shape index (κ3) is 3.96. The predicted molar refractivity (Wildman–Crippen MR) is 127 cm³/mol. The molecule has 158 valence electrons. The lowest BCUT2D eigenvalue weighted by atomic mass is 10.2. The number of rotatable bonds is 6. The van der Waals surface area contributed by atoms with Crippen molar-refractivity contribution in [2.24, 2.45) is 0 Å². The summed E-state index contributed by atoms with van der Waals surface area (Å²) >= 11 is 2.95. The molecular formula is C22H19N3O3S3. The smallest absolute Gasteiger partial charge is 0.261 e. The number of hydrogen-bond acceptors (Lipinski definition) is 6. The fraction of sp³-hybridized carbons (Fsp3) is 0.182. The Morgan fingerprint density at radius 1 is 1.03 bits per heavy atom.